The molecule has 1 aliphatic rings. The Balaban J connectivity index is 1.92. The fourth-order valence-electron chi connectivity index (χ4n) is 2.73. The zero-order chi connectivity index (χ0) is 14.8. The first-order chi connectivity index (χ1) is 10.2. The maximum atomic E-state index is 13.9. The van der Waals surface area contributed by atoms with E-state index in [1.54, 1.807) is 12.4 Å². The number of halogens is 1. The van der Waals surface area contributed by atoms with Crippen LogP contribution in [0.3, 0.4) is 0 Å². The summed E-state index contributed by atoms with van der Waals surface area (Å²) in [5.41, 5.74) is 2.83. The van der Waals surface area contributed by atoms with Crippen molar-refractivity contribution in [3.8, 4) is 0 Å². The van der Waals surface area contributed by atoms with Crippen LogP contribution in [0, 0.1) is 5.82 Å². The number of hydrogen-bond donors (Lipinski definition) is 0. The number of hydrogen-bond acceptors (Lipinski definition) is 4. The topological polar surface area (TPSA) is 32.3 Å². The van der Waals surface area contributed by atoms with Crippen LogP contribution < -0.4 is 9.80 Å². The van der Waals surface area contributed by atoms with E-state index in [2.05, 4.69) is 21.8 Å². The number of anilines is 2. The van der Waals surface area contributed by atoms with Gasteiger partial charge in [0.2, 0.25) is 0 Å². The molecule has 0 atom stereocenters. The van der Waals surface area contributed by atoms with Gasteiger partial charge in [0.25, 0.3) is 0 Å². The Morgan fingerprint density at radius 2 is 2.10 bits per heavy atom. The van der Waals surface area contributed by atoms with E-state index >= 15 is 0 Å². The molecule has 0 radical (unpaired) electrons. The van der Waals surface area contributed by atoms with Crippen LogP contribution in [0.25, 0.3) is 0 Å². The Morgan fingerprint density at radius 3 is 2.86 bits per heavy atom. The molecule has 5 heteroatoms. The zero-order valence-corrected chi connectivity index (χ0v) is 12.4. The van der Waals surface area contributed by atoms with Crippen molar-refractivity contribution < 1.29 is 4.39 Å². The minimum absolute atomic E-state index is 0.180. The normalized spacial score (nSPS) is 14.0. The molecule has 2 heterocycles. The average Bonchev–Trinajstić information content (AvgIpc) is 2.53. The van der Waals surface area contributed by atoms with Crippen molar-refractivity contribution in [1.82, 2.24) is 9.97 Å². The van der Waals surface area contributed by atoms with Crippen LogP contribution in [0.4, 0.5) is 15.9 Å². The Labute approximate surface area is 124 Å². The summed E-state index contributed by atoms with van der Waals surface area (Å²) >= 11 is 0. The van der Waals surface area contributed by atoms with Gasteiger partial charge in [0.1, 0.15) is 18.0 Å². The highest BCUT2D eigenvalue weighted by atomic mass is 19.1. The maximum absolute atomic E-state index is 13.9. The van der Waals surface area contributed by atoms with Gasteiger partial charge in [-0.25, -0.2) is 14.4 Å². The van der Waals surface area contributed by atoms with Gasteiger partial charge in [-0.1, -0.05) is 12.1 Å². The monoisotopic (exact) mass is 286 g/mol. The molecule has 2 aromatic rings. The van der Waals surface area contributed by atoms with E-state index in [1.807, 2.05) is 24.1 Å². The molecule has 3 rings (SSSR count). The predicted molar refractivity (Wildman–Crippen MR) is 82.1 cm³/mol. The summed E-state index contributed by atoms with van der Waals surface area (Å²) in [6.07, 6.45) is 2.44. The van der Waals surface area contributed by atoms with Crippen LogP contribution in [0.2, 0.25) is 0 Å². The van der Waals surface area contributed by atoms with Crippen molar-refractivity contribution >= 4 is 11.5 Å². The van der Waals surface area contributed by atoms with Crippen LogP contribution in [-0.4, -0.2) is 30.1 Å². The highest BCUT2D eigenvalue weighted by Gasteiger charge is 2.23. The average molecular weight is 286 g/mol. The van der Waals surface area contributed by atoms with E-state index in [1.165, 1.54) is 11.6 Å². The zero-order valence-electron chi connectivity index (χ0n) is 12.4. The third-order valence-corrected chi connectivity index (χ3v) is 4.01. The molecule has 4 nitrogen and oxygen atoms in total. The highest BCUT2D eigenvalue weighted by molar-refractivity contribution is 5.54. The molecular weight excluding hydrogens is 267 g/mol. The molecule has 0 fully saturated rings. The lowest BCUT2D eigenvalue weighted by Crippen LogP contribution is -2.33. The highest BCUT2D eigenvalue weighted by Crippen LogP contribution is 2.29. The van der Waals surface area contributed by atoms with Crippen molar-refractivity contribution in [2.24, 2.45) is 0 Å². The van der Waals surface area contributed by atoms with E-state index in [0.717, 1.165) is 31.0 Å². The number of para-hydroxylation sites is 1. The molecule has 1 aliphatic heterocycles. The van der Waals surface area contributed by atoms with Crippen molar-refractivity contribution in [3.63, 3.8) is 0 Å². The molecule has 0 saturated heterocycles. The van der Waals surface area contributed by atoms with Crippen LogP contribution in [0.5, 0.6) is 0 Å². The Bertz CT molecular complexity index is 644. The first-order valence-electron chi connectivity index (χ1n) is 7.24. The standard InChI is InChI=1S/C16H19FN4/c1-3-20(2)16-12-8-9-21(10-14(12)18-11-19-16)15-7-5-4-6-13(15)17/h4-7,11H,3,8-10H2,1-2H3. The first kappa shape index (κ1) is 13.8. The molecule has 0 N–H and O–H groups in total. The van der Waals surface area contributed by atoms with Crippen LogP contribution in [0.15, 0.2) is 30.6 Å². The van der Waals surface area contributed by atoms with Crippen molar-refractivity contribution in [2.45, 2.75) is 19.9 Å². The molecule has 0 bridgehead atoms. The van der Waals surface area contributed by atoms with Gasteiger partial charge in [-0.3, -0.25) is 0 Å². The summed E-state index contributed by atoms with van der Waals surface area (Å²) in [7, 11) is 2.03. The van der Waals surface area contributed by atoms with Crippen LogP contribution in [-0.2, 0) is 13.0 Å². The molecular formula is C16H19FN4. The maximum Gasteiger partial charge on any atom is 0.146 e. The molecule has 0 unspecified atom stereocenters. The molecule has 0 saturated carbocycles. The summed E-state index contributed by atoms with van der Waals surface area (Å²) in [4.78, 5) is 13.0. The molecule has 110 valence electrons. The van der Waals surface area contributed by atoms with E-state index in [-0.39, 0.29) is 5.82 Å². The summed E-state index contributed by atoms with van der Waals surface area (Å²) in [5, 5.41) is 0. The number of rotatable bonds is 3. The van der Waals surface area contributed by atoms with Crippen molar-refractivity contribution in [1.29, 1.82) is 0 Å². The molecule has 0 aliphatic carbocycles. The van der Waals surface area contributed by atoms with Crippen molar-refractivity contribution in [2.75, 3.05) is 29.9 Å². The van der Waals surface area contributed by atoms with Crippen molar-refractivity contribution in [3.05, 3.63) is 47.7 Å². The number of nitrogens with zero attached hydrogens (tertiary/aromatic N) is 4. The van der Waals surface area contributed by atoms with Gasteiger partial charge in [-0.05, 0) is 25.5 Å². The van der Waals surface area contributed by atoms with E-state index in [0.29, 0.717) is 12.2 Å². The van der Waals surface area contributed by atoms with E-state index in [9.17, 15) is 4.39 Å². The first-order valence-corrected chi connectivity index (χ1v) is 7.24. The second-order valence-electron chi connectivity index (χ2n) is 5.26. The molecule has 0 amide bonds. The summed E-state index contributed by atoms with van der Waals surface area (Å²) in [5.74, 6) is 0.816. The largest absolute Gasteiger partial charge is 0.363 e. The van der Waals surface area contributed by atoms with Gasteiger partial charge in [0.15, 0.2) is 0 Å². The smallest absolute Gasteiger partial charge is 0.146 e. The SMILES string of the molecule is CCN(C)c1ncnc2c1CCN(c1ccccc1F)C2. The number of benzene rings is 1. The fraction of sp³-hybridized carbons (Fsp3) is 0.375. The molecule has 21 heavy (non-hydrogen) atoms. The van der Waals surface area contributed by atoms with Gasteiger partial charge in [0.05, 0.1) is 17.9 Å². The Morgan fingerprint density at radius 1 is 1.29 bits per heavy atom. The minimum Gasteiger partial charge on any atom is -0.363 e. The van der Waals surface area contributed by atoms with Gasteiger partial charge >= 0.3 is 0 Å². The Kier molecular flexibility index (Phi) is 3.73. The molecule has 1 aromatic carbocycles. The number of fused-ring (bicyclic) bond motifs is 1. The second kappa shape index (κ2) is 5.68. The quantitative estimate of drug-likeness (QED) is 0.868. The summed E-state index contributed by atoms with van der Waals surface area (Å²) in [6.45, 7) is 4.42. The van der Waals surface area contributed by atoms with E-state index in [4.69, 9.17) is 0 Å². The lowest BCUT2D eigenvalue weighted by atomic mass is 10.0. The van der Waals surface area contributed by atoms with Gasteiger partial charge in [-0.15, -0.1) is 0 Å². The lowest BCUT2D eigenvalue weighted by molar-refractivity contribution is 0.607. The number of aromatic nitrogens is 2. The third-order valence-electron chi connectivity index (χ3n) is 4.01. The lowest BCUT2D eigenvalue weighted by Gasteiger charge is -2.32. The third kappa shape index (κ3) is 2.55. The molecule has 1 aromatic heterocycles. The van der Waals surface area contributed by atoms with Gasteiger partial charge in [-0.2, -0.15) is 0 Å². The Hall–Kier alpha value is -2.17. The van der Waals surface area contributed by atoms with Gasteiger partial charge < -0.3 is 9.80 Å². The summed E-state index contributed by atoms with van der Waals surface area (Å²) in [6, 6.07) is 6.90. The second-order valence-corrected chi connectivity index (χ2v) is 5.26. The predicted octanol–water partition coefficient (Wildman–Crippen LogP) is 2.63. The minimum atomic E-state index is -0.180. The molecule has 0 spiro atoms. The van der Waals surface area contributed by atoms with Crippen LogP contribution >= 0.6 is 0 Å². The fourth-order valence-corrected chi connectivity index (χ4v) is 2.73. The summed E-state index contributed by atoms with van der Waals surface area (Å²) < 4.78 is 13.9. The van der Waals surface area contributed by atoms with E-state index < -0.39 is 0 Å². The van der Waals surface area contributed by atoms with Crippen LogP contribution in [0.1, 0.15) is 18.2 Å². The van der Waals surface area contributed by atoms with Gasteiger partial charge in [0, 0.05) is 25.7 Å².